The Bertz CT molecular complexity index is 634. The van der Waals surface area contributed by atoms with E-state index in [9.17, 15) is 9.59 Å². The van der Waals surface area contributed by atoms with Crippen LogP contribution in [0.15, 0.2) is 30.3 Å². The van der Waals surface area contributed by atoms with E-state index in [2.05, 4.69) is 4.90 Å². The molecule has 3 rings (SSSR count). The Hall–Kier alpha value is -2.12. The number of ether oxygens (including phenoxy) is 2. The van der Waals surface area contributed by atoms with Crippen molar-refractivity contribution in [3.05, 3.63) is 30.3 Å². The highest BCUT2D eigenvalue weighted by atomic mass is 16.5. The summed E-state index contributed by atoms with van der Waals surface area (Å²) in [5.41, 5.74) is 0. The fourth-order valence-electron chi connectivity index (χ4n) is 3.66. The van der Waals surface area contributed by atoms with Gasteiger partial charge >= 0.3 is 0 Å². The van der Waals surface area contributed by atoms with Gasteiger partial charge < -0.3 is 19.3 Å². The Morgan fingerprint density at radius 1 is 1.21 bits per heavy atom. The average Bonchev–Trinajstić information content (AvgIpc) is 2.74. The van der Waals surface area contributed by atoms with Crippen LogP contribution in [0.1, 0.15) is 12.8 Å². The molecule has 1 aromatic carbocycles. The van der Waals surface area contributed by atoms with E-state index < -0.39 is 0 Å². The average molecular weight is 389 g/mol. The molecule has 0 aliphatic carbocycles. The van der Waals surface area contributed by atoms with E-state index in [0.29, 0.717) is 39.1 Å². The molecule has 7 heteroatoms. The van der Waals surface area contributed by atoms with Gasteiger partial charge in [0.15, 0.2) is 0 Å². The number of carbonyl (C=O) groups excluding carboxylic acids is 2. The standard InChI is InChI=1S/C21H31N3O4/c1-22(11-16-28-19-5-3-2-4-6-19)21(26)18-7-8-20(25)24(17-18)10-9-23-12-14-27-15-13-23/h2-6,18H,7-17H2,1H3/t18-/m1/s1. The zero-order chi connectivity index (χ0) is 19.8. The predicted octanol–water partition coefficient (Wildman–Crippen LogP) is 1.09. The van der Waals surface area contributed by atoms with E-state index in [-0.39, 0.29) is 17.7 Å². The number of benzene rings is 1. The topological polar surface area (TPSA) is 62.3 Å². The van der Waals surface area contributed by atoms with Crippen LogP contribution < -0.4 is 4.74 Å². The van der Waals surface area contributed by atoms with Gasteiger partial charge in [0.05, 0.1) is 25.7 Å². The van der Waals surface area contributed by atoms with Gasteiger partial charge in [-0.2, -0.15) is 0 Å². The Morgan fingerprint density at radius 2 is 1.96 bits per heavy atom. The molecule has 0 N–H and O–H groups in total. The lowest BCUT2D eigenvalue weighted by molar-refractivity contribution is -0.142. The van der Waals surface area contributed by atoms with Crippen LogP contribution in [0.4, 0.5) is 0 Å². The summed E-state index contributed by atoms with van der Waals surface area (Å²) in [6.45, 7) is 6.37. The zero-order valence-electron chi connectivity index (χ0n) is 16.7. The fraction of sp³-hybridized carbons (Fsp3) is 0.619. The second-order valence-corrected chi connectivity index (χ2v) is 7.45. The van der Waals surface area contributed by atoms with Crippen LogP contribution in [0.3, 0.4) is 0 Å². The summed E-state index contributed by atoms with van der Waals surface area (Å²) >= 11 is 0. The molecule has 28 heavy (non-hydrogen) atoms. The number of hydrogen-bond donors (Lipinski definition) is 0. The number of piperidine rings is 1. The lowest BCUT2D eigenvalue weighted by Crippen LogP contribution is -2.49. The summed E-state index contributed by atoms with van der Waals surface area (Å²) in [7, 11) is 1.81. The largest absolute Gasteiger partial charge is 0.492 e. The maximum Gasteiger partial charge on any atom is 0.227 e. The number of likely N-dealkylation sites (tertiary alicyclic amines) is 1. The first-order valence-electron chi connectivity index (χ1n) is 10.1. The molecule has 2 saturated heterocycles. The number of morpholine rings is 1. The maximum atomic E-state index is 12.8. The molecule has 2 heterocycles. The number of nitrogens with zero attached hydrogens (tertiary/aromatic N) is 3. The van der Waals surface area contributed by atoms with Crippen molar-refractivity contribution in [3.63, 3.8) is 0 Å². The van der Waals surface area contributed by atoms with Gasteiger partial charge in [0.25, 0.3) is 0 Å². The molecule has 0 bridgehead atoms. The van der Waals surface area contributed by atoms with Gasteiger partial charge in [0, 0.05) is 46.2 Å². The highest BCUT2D eigenvalue weighted by Crippen LogP contribution is 2.20. The first-order chi connectivity index (χ1) is 13.6. The molecule has 0 unspecified atom stereocenters. The molecule has 2 fully saturated rings. The van der Waals surface area contributed by atoms with E-state index in [1.54, 1.807) is 4.90 Å². The van der Waals surface area contributed by atoms with Gasteiger partial charge in [0.2, 0.25) is 11.8 Å². The summed E-state index contributed by atoms with van der Waals surface area (Å²) in [6.07, 6.45) is 1.09. The predicted molar refractivity (Wildman–Crippen MR) is 106 cm³/mol. The van der Waals surface area contributed by atoms with Crippen LogP contribution in [-0.4, -0.2) is 92.7 Å². The second kappa shape index (κ2) is 10.4. The van der Waals surface area contributed by atoms with Crippen molar-refractivity contribution in [3.8, 4) is 5.75 Å². The monoisotopic (exact) mass is 389 g/mol. The molecule has 0 aromatic heterocycles. The third kappa shape index (κ3) is 5.94. The molecular weight excluding hydrogens is 358 g/mol. The van der Waals surface area contributed by atoms with Gasteiger partial charge in [-0.15, -0.1) is 0 Å². The fourth-order valence-corrected chi connectivity index (χ4v) is 3.66. The van der Waals surface area contributed by atoms with Crippen LogP contribution in [0.5, 0.6) is 5.75 Å². The number of rotatable bonds is 8. The van der Waals surface area contributed by atoms with E-state index in [1.807, 2.05) is 42.3 Å². The van der Waals surface area contributed by atoms with Crippen molar-refractivity contribution in [1.82, 2.24) is 14.7 Å². The van der Waals surface area contributed by atoms with Crippen LogP contribution in [0.25, 0.3) is 0 Å². The van der Waals surface area contributed by atoms with Crippen molar-refractivity contribution >= 4 is 11.8 Å². The Morgan fingerprint density at radius 3 is 2.71 bits per heavy atom. The van der Waals surface area contributed by atoms with Crippen LogP contribution in [-0.2, 0) is 14.3 Å². The van der Waals surface area contributed by atoms with Crippen molar-refractivity contribution in [2.75, 3.05) is 66.1 Å². The summed E-state index contributed by atoms with van der Waals surface area (Å²) < 4.78 is 11.0. The number of amides is 2. The van der Waals surface area contributed by atoms with E-state index >= 15 is 0 Å². The van der Waals surface area contributed by atoms with Gasteiger partial charge in [-0.3, -0.25) is 14.5 Å². The SMILES string of the molecule is CN(CCOc1ccccc1)C(=O)[C@@H]1CCC(=O)N(CCN2CCOCC2)C1. The molecule has 1 atom stereocenters. The Kier molecular flexibility index (Phi) is 7.68. The minimum absolute atomic E-state index is 0.0977. The van der Waals surface area contributed by atoms with Gasteiger partial charge in [-0.25, -0.2) is 0 Å². The highest BCUT2D eigenvalue weighted by Gasteiger charge is 2.31. The van der Waals surface area contributed by atoms with Crippen LogP contribution in [0, 0.1) is 5.92 Å². The lowest BCUT2D eigenvalue weighted by atomic mass is 9.96. The van der Waals surface area contributed by atoms with Crippen molar-refractivity contribution in [2.24, 2.45) is 5.92 Å². The van der Waals surface area contributed by atoms with Gasteiger partial charge in [0.1, 0.15) is 12.4 Å². The first-order valence-corrected chi connectivity index (χ1v) is 10.1. The van der Waals surface area contributed by atoms with Gasteiger partial charge in [-0.1, -0.05) is 18.2 Å². The number of hydrogen-bond acceptors (Lipinski definition) is 5. The molecule has 2 aliphatic heterocycles. The molecular formula is C21H31N3O4. The van der Waals surface area contributed by atoms with E-state index in [0.717, 1.165) is 38.6 Å². The molecule has 2 amide bonds. The molecule has 0 saturated carbocycles. The number of likely N-dealkylation sites (N-methyl/N-ethyl adjacent to an activating group) is 1. The third-order valence-corrected chi connectivity index (χ3v) is 5.45. The summed E-state index contributed by atoms with van der Waals surface area (Å²) in [5.74, 6) is 0.943. The molecule has 1 aromatic rings. The van der Waals surface area contributed by atoms with E-state index in [4.69, 9.17) is 9.47 Å². The van der Waals surface area contributed by atoms with Crippen LogP contribution in [0.2, 0.25) is 0 Å². The van der Waals surface area contributed by atoms with Crippen molar-refractivity contribution < 1.29 is 19.1 Å². The van der Waals surface area contributed by atoms with Crippen molar-refractivity contribution in [2.45, 2.75) is 12.8 Å². The molecule has 0 radical (unpaired) electrons. The normalized spacial score (nSPS) is 20.8. The Balaban J connectivity index is 1.42. The molecule has 7 nitrogen and oxygen atoms in total. The number of para-hydroxylation sites is 1. The summed E-state index contributed by atoms with van der Waals surface area (Å²) in [4.78, 5) is 31.0. The number of carbonyl (C=O) groups is 2. The summed E-state index contributed by atoms with van der Waals surface area (Å²) in [5, 5.41) is 0. The molecule has 0 spiro atoms. The maximum absolute atomic E-state index is 12.8. The Labute approximate surface area is 167 Å². The minimum atomic E-state index is -0.121. The minimum Gasteiger partial charge on any atom is -0.492 e. The first kappa shape index (κ1) is 20.6. The van der Waals surface area contributed by atoms with Gasteiger partial charge in [-0.05, 0) is 18.6 Å². The second-order valence-electron chi connectivity index (χ2n) is 7.45. The third-order valence-electron chi connectivity index (χ3n) is 5.45. The smallest absolute Gasteiger partial charge is 0.227 e. The molecule has 2 aliphatic rings. The lowest BCUT2D eigenvalue weighted by Gasteiger charge is -2.35. The molecule has 154 valence electrons. The summed E-state index contributed by atoms with van der Waals surface area (Å²) in [6, 6.07) is 9.60. The van der Waals surface area contributed by atoms with Crippen molar-refractivity contribution in [1.29, 1.82) is 0 Å². The van der Waals surface area contributed by atoms with E-state index in [1.165, 1.54) is 0 Å². The quantitative estimate of drug-likeness (QED) is 0.666. The highest BCUT2D eigenvalue weighted by molar-refractivity contribution is 5.83. The zero-order valence-corrected chi connectivity index (χ0v) is 16.7. The van der Waals surface area contributed by atoms with Crippen LogP contribution >= 0.6 is 0 Å².